The monoisotopic (exact) mass is 305 g/mol. The van der Waals surface area contributed by atoms with E-state index in [9.17, 15) is 4.39 Å². The van der Waals surface area contributed by atoms with E-state index in [0.717, 1.165) is 18.0 Å². The third kappa shape index (κ3) is 2.69. The van der Waals surface area contributed by atoms with Gasteiger partial charge in [0.15, 0.2) is 0 Å². The molecule has 4 heteroatoms. The SMILES string of the molecule is CCC(Nc1c(Cl)cc(F)cc1Br)C1CC1. The zero-order chi connectivity index (χ0) is 11.7. The van der Waals surface area contributed by atoms with Crippen LogP contribution in [0.15, 0.2) is 16.6 Å². The minimum atomic E-state index is -0.318. The molecule has 1 nitrogen and oxygen atoms in total. The van der Waals surface area contributed by atoms with E-state index in [2.05, 4.69) is 28.2 Å². The number of rotatable bonds is 4. The molecule has 0 saturated heterocycles. The molecule has 0 amide bonds. The number of halogens is 3. The molecule has 1 fully saturated rings. The van der Waals surface area contributed by atoms with Crippen molar-refractivity contribution in [2.75, 3.05) is 5.32 Å². The Morgan fingerprint density at radius 3 is 2.75 bits per heavy atom. The van der Waals surface area contributed by atoms with Crippen LogP contribution >= 0.6 is 27.5 Å². The fraction of sp³-hybridized carbons (Fsp3) is 0.500. The summed E-state index contributed by atoms with van der Waals surface area (Å²) in [6.07, 6.45) is 3.62. The fourth-order valence-electron chi connectivity index (χ4n) is 1.92. The molecule has 1 saturated carbocycles. The Morgan fingerprint density at radius 2 is 2.25 bits per heavy atom. The van der Waals surface area contributed by atoms with Crippen molar-refractivity contribution in [3.05, 3.63) is 27.4 Å². The van der Waals surface area contributed by atoms with Crippen LogP contribution in [0.25, 0.3) is 0 Å². The van der Waals surface area contributed by atoms with Crippen molar-refractivity contribution in [3.63, 3.8) is 0 Å². The highest BCUT2D eigenvalue weighted by atomic mass is 79.9. The van der Waals surface area contributed by atoms with Crippen molar-refractivity contribution in [2.45, 2.75) is 32.2 Å². The smallest absolute Gasteiger partial charge is 0.125 e. The van der Waals surface area contributed by atoms with Gasteiger partial charge in [0, 0.05) is 10.5 Å². The number of hydrogen-bond acceptors (Lipinski definition) is 1. The number of nitrogens with one attached hydrogen (secondary N) is 1. The molecular formula is C12H14BrClFN. The van der Waals surface area contributed by atoms with Gasteiger partial charge in [-0.25, -0.2) is 4.39 Å². The fourth-order valence-corrected chi connectivity index (χ4v) is 2.84. The van der Waals surface area contributed by atoms with Crippen LogP contribution in [0.4, 0.5) is 10.1 Å². The molecule has 0 bridgehead atoms. The van der Waals surface area contributed by atoms with Crippen LogP contribution in [-0.2, 0) is 0 Å². The first-order valence-corrected chi connectivity index (χ1v) is 6.70. The van der Waals surface area contributed by atoms with Gasteiger partial charge < -0.3 is 5.32 Å². The van der Waals surface area contributed by atoms with E-state index in [1.165, 1.54) is 25.0 Å². The molecule has 1 aliphatic carbocycles. The van der Waals surface area contributed by atoms with Gasteiger partial charge in [-0.1, -0.05) is 18.5 Å². The van der Waals surface area contributed by atoms with Crippen molar-refractivity contribution in [2.24, 2.45) is 5.92 Å². The topological polar surface area (TPSA) is 12.0 Å². The Balaban J connectivity index is 2.19. The van der Waals surface area contributed by atoms with Crippen LogP contribution in [0.1, 0.15) is 26.2 Å². The minimum Gasteiger partial charge on any atom is -0.380 e. The summed E-state index contributed by atoms with van der Waals surface area (Å²) in [6.45, 7) is 2.15. The number of benzene rings is 1. The highest BCUT2D eigenvalue weighted by molar-refractivity contribution is 9.10. The molecule has 1 N–H and O–H groups in total. The Hall–Kier alpha value is -0.280. The molecule has 0 aromatic heterocycles. The van der Waals surface area contributed by atoms with Crippen LogP contribution in [0.2, 0.25) is 5.02 Å². The maximum atomic E-state index is 13.1. The first kappa shape index (κ1) is 12.2. The van der Waals surface area contributed by atoms with E-state index in [-0.39, 0.29) is 5.82 Å². The van der Waals surface area contributed by atoms with E-state index in [0.29, 0.717) is 15.5 Å². The van der Waals surface area contributed by atoms with Crippen LogP contribution in [0.5, 0.6) is 0 Å². The van der Waals surface area contributed by atoms with Gasteiger partial charge in [0.25, 0.3) is 0 Å². The largest absolute Gasteiger partial charge is 0.380 e. The lowest BCUT2D eigenvalue weighted by Gasteiger charge is -2.19. The van der Waals surface area contributed by atoms with E-state index >= 15 is 0 Å². The maximum Gasteiger partial charge on any atom is 0.125 e. The zero-order valence-corrected chi connectivity index (χ0v) is 11.4. The van der Waals surface area contributed by atoms with Gasteiger partial charge in [-0.3, -0.25) is 0 Å². The quantitative estimate of drug-likeness (QED) is 0.839. The van der Waals surface area contributed by atoms with Crippen molar-refractivity contribution in [3.8, 4) is 0 Å². The molecule has 0 aliphatic heterocycles. The van der Waals surface area contributed by atoms with Gasteiger partial charge in [-0.2, -0.15) is 0 Å². The summed E-state index contributed by atoms with van der Waals surface area (Å²) < 4.78 is 13.7. The van der Waals surface area contributed by atoms with Crippen LogP contribution in [-0.4, -0.2) is 6.04 Å². The second-order valence-electron chi connectivity index (χ2n) is 4.24. The molecule has 0 spiro atoms. The molecule has 0 heterocycles. The van der Waals surface area contributed by atoms with Gasteiger partial charge in [0.05, 0.1) is 10.7 Å². The lowest BCUT2D eigenvalue weighted by Crippen LogP contribution is -2.21. The van der Waals surface area contributed by atoms with E-state index in [1.807, 2.05) is 0 Å². The lowest BCUT2D eigenvalue weighted by molar-refractivity contribution is 0.613. The zero-order valence-electron chi connectivity index (χ0n) is 9.06. The predicted molar refractivity (Wildman–Crippen MR) is 69.5 cm³/mol. The molecule has 0 radical (unpaired) electrons. The summed E-state index contributed by atoms with van der Waals surface area (Å²) in [4.78, 5) is 0. The summed E-state index contributed by atoms with van der Waals surface area (Å²) in [5.41, 5.74) is 0.807. The molecular weight excluding hydrogens is 292 g/mol. The second kappa shape index (κ2) is 4.92. The van der Waals surface area contributed by atoms with Gasteiger partial charge >= 0.3 is 0 Å². The molecule has 88 valence electrons. The van der Waals surface area contributed by atoms with Crippen LogP contribution in [0.3, 0.4) is 0 Å². The van der Waals surface area contributed by atoms with Crippen molar-refractivity contribution in [1.29, 1.82) is 0 Å². The molecule has 1 aromatic rings. The summed E-state index contributed by atoms with van der Waals surface area (Å²) in [5, 5.41) is 3.85. The summed E-state index contributed by atoms with van der Waals surface area (Å²) >= 11 is 9.37. The first-order chi connectivity index (χ1) is 7.61. The van der Waals surface area contributed by atoms with Gasteiger partial charge in [0.1, 0.15) is 5.82 Å². The molecule has 16 heavy (non-hydrogen) atoms. The average molecular weight is 307 g/mol. The Labute approximate surface area is 109 Å². The van der Waals surface area contributed by atoms with Gasteiger partial charge in [0.2, 0.25) is 0 Å². The third-order valence-electron chi connectivity index (χ3n) is 2.97. The Kier molecular flexibility index (Phi) is 3.75. The molecule has 2 rings (SSSR count). The van der Waals surface area contributed by atoms with E-state index in [1.54, 1.807) is 0 Å². The van der Waals surface area contributed by atoms with Crippen LogP contribution in [0, 0.1) is 11.7 Å². The van der Waals surface area contributed by atoms with Crippen LogP contribution < -0.4 is 5.32 Å². The van der Waals surface area contributed by atoms with Crippen molar-refractivity contribution in [1.82, 2.24) is 0 Å². The highest BCUT2D eigenvalue weighted by Crippen LogP contribution is 2.39. The lowest BCUT2D eigenvalue weighted by atomic mass is 10.1. The summed E-state index contributed by atoms with van der Waals surface area (Å²) in [5.74, 6) is 0.430. The van der Waals surface area contributed by atoms with Gasteiger partial charge in [-0.05, 0) is 53.2 Å². The van der Waals surface area contributed by atoms with Gasteiger partial charge in [-0.15, -0.1) is 0 Å². The number of hydrogen-bond donors (Lipinski definition) is 1. The van der Waals surface area contributed by atoms with E-state index < -0.39 is 0 Å². The standard InChI is InChI=1S/C12H14BrClFN/c1-2-11(7-3-4-7)16-12-9(13)5-8(15)6-10(12)14/h5-7,11,16H,2-4H2,1H3. The third-order valence-corrected chi connectivity index (χ3v) is 3.89. The summed E-state index contributed by atoms with van der Waals surface area (Å²) in [6, 6.07) is 3.22. The molecule has 1 aromatic carbocycles. The highest BCUT2D eigenvalue weighted by Gasteiger charge is 2.30. The molecule has 1 atom stereocenters. The Bertz CT molecular complexity index is 370. The average Bonchev–Trinajstić information content (AvgIpc) is 3.00. The predicted octanol–water partition coefficient (Wildman–Crippen LogP) is 4.84. The maximum absolute atomic E-state index is 13.1. The van der Waals surface area contributed by atoms with Crippen molar-refractivity contribution < 1.29 is 4.39 Å². The van der Waals surface area contributed by atoms with E-state index in [4.69, 9.17) is 11.6 Å². The normalized spacial score (nSPS) is 17.2. The van der Waals surface area contributed by atoms with Crippen molar-refractivity contribution >= 4 is 33.2 Å². The minimum absolute atomic E-state index is 0.318. The summed E-state index contributed by atoms with van der Waals surface area (Å²) in [7, 11) is 0. The second-order valence-corrected chi connectivity index (χ2v) is 5.50. The number of anilines is 1. The molecule has 1 unspecified atom stereocenters. The first-order valence-electron chi connectivity index (χ1n) is 5.53. The molecule has 1 aliphatic rings. The Morgan fingerprint density at radius 1 is 1.56 bits per heavy atom.